The van der Waals surface area contributed by atoms with Gasteiger partial charge in [-0.2, -0.15) is 0 Å². The maximum atomic E-state index is 10.7. The minimum absolute atomic E-state index is 0.157. The Morgan fingerprint density at radius 2 is 2.00 bits per heavy atom. The maximum absolute atomic E-state index is 10.7. The summed E-state index contributed by atoms with van der Waals surface area (Å²) in [6.45, 7) is 1.43. The monoisotopic (exact) mass is 174 g/mol. The summed E-state index contributed by atoms with van der Waals surface area (Å²) < 4.78 is 0. The Bertz CT molecular complexity index is 384. The van der Waals surface area contributed by atoms with E-state index in [9.17, 15) is 4.79 Å². The second-order valence-electron chi connectivity index (χ2n) is 2.72. The van der Waals surface area contributed by atoms with Gasteiger partial charge in [0.05, 0.1) is 11.4 Å². The van der Waals surface area contributed by atoms with Crippen LogP contribution in [-0.2, 0) is 4.79 Å². The fourth-order valence-corrected chi connectivity index (χ4v) is 1.12. The van der Waals surface area contributed by atoms with Gasteiger partial charge in [-0.25, -0.2) is 10.3 Å². The number of rotatable bonds is 0. The van der Waals surface area contributed by atoms with Gasteiger partial charge in [-0.05, 0) is 12.1 Å². The Kier molecular flexibility index (Phi) is 1.73. The third-order valence-corrected chi connectivity index (χ3v) is 1.62. The van der Waals surface area contributed by atoms with Crippen LogP contribution in [0.25, 0.3) is 0 Å². The van der Waals surface area contributed by atoms with Crippen molar-refractivity contribution >= 4 is 23.2 Å². The predicted octanol–water partition coefficient (Wildman–Crippen LogP) is 1.06. The topological polar surface area (TPSA) is 55.6 Å². The summed E-state index contributed by atoms with van der Waals surface area (Å²) in [7, 11) is 0. The lowest BCUT2D eigenvalue weighted by Gasteiger charge is -1.97. The number of nitrogens with one attached hydrogen (secondary N) is 1. The molecule has 0 spiro atoms. The zero-order valence-electron chi connectivity index (χ0n) is 7.11. The zero-order chi connectivity index (χ0) is 9.26. The van der Waals surface area contributed by atoms with E-state index in [-0.39, 0.29) is 5.91 Å². The Hall–Kier alpha value is -1.84. The molecular formula is C9H8N3O. The molecule has 0 saturated heterocycles. The first-order valence-corrected chi connectivity index (χ1v) is 3.93. The molecule has 0 aromatic heterocycles. The van der Waals surface area contributed by atoms with Gasteiger partial charge in [0.25, 0.3) is 0 Å². The molecular weight excluding hydrogens is 166 g/mol. The number of carbonyl (C=O) groups is 1. The largest absolute Gasteiger partial charge is 0.295 e. The van der Waals surface area contributed by atoms with Crippen molar-refractivity contribution in [2.24, 2.45) is 4.99 Å². The molecule has 65 valence electrons. The van der Waals surface area contributed by atoms with Crippen LogP contribution in [0.2, 0.25) is 0 Å². The highest BCUT2D eigenvalue weighted by molar-refractivity contribution is 6.02. The minimum Gasteiger partial charge on any atom is -0.295 e. The highest BCUT2D eigenvalue weighted by Gasteiger charge is 2.14. The number of aliphatic imine (C=N–C) groups is 1. The van der Waals surface area contributed by atoms with Crippen molar-refractivity contribution in [2.45, 2.75) is 6.92 Å². The van der Waals surface area contributed by atoms with Crippen molar-refractivity contribution in [3.8, 4) is 0 Å². The molecule has 0 bridgehead atoms. The third-order valence-electron chi connectivity index (χ3n) is 1.62. The molecule has 1 heterocycles. The summed E-state index contributed by atoms with van der Waals surface area (Å²) in [6.07, 6.45) is 0. The summed E-state index contributed by atoms with van der Waals surface area (Å²) in [6, 6.07) is 7.48. The summed E-state index contributed by atoms with van der Waals surface area (Å²) in [5.41, 5.74) is 1.59. The van der Waals surface area contributed by atoms with Gasteiger partial charge in [-0.3, -0.25) is 10.1 Å². The van der Waals surface area contributed by atoms with Crippen LogP contribution in [0.5, 0.6) is 0 Å². The molecule has 2 rings (SSSR count). The number of amides is 1. The molecule has 0 saturated carbocycles. The van der Waals surface area contributed by atoms with Crippen LogP contribution in [0.4, 0.5) is 11.4 Å². The van der Waals surface area contributed by atoms with Gasteiger partial charge in [0.15, 0.2) is 0 Å². The Labute approximate surface area is 75.7 Å². The SMILES string of the molecule is CC(=O)NC1=Nc2ccccc2[N]1. The molecule has 0 atom stereocenters. The van der Waals surface area contributed by atoms with Gasteiger partial charge < -0.3 is 0 Å². The predicted molar refractivity (Wildman–Crippen MR) is 49.1 cm³/mol. The molecule has 1 aliphatic rings. The average molecular weight is 174 g/mol. The van der Waals surface area contributed by atoms with Crippen LogP contribution in [0.15, 0.2) is 29.3 Å². The first-order chi connectivity index (χ1) is 6.25. The number of fused-ring (bicyclic) bond motifs is 1. The fourth-order valence-electron chi connectivity index (χ4n) is 1.12. The quantitative estimate of drug-likeness (QED) is 0.628. The van der Waals surface area contributed by atoms with E-state index in [1.54, 1.807) is 0 Å². The summed E-state index contributed by atoms with van der Waals surface area (Å²) in [4.78, 5) is 14.8. The number of nitrogens with zero attached hydrogens (tertiary/aromatic N) is 2. The van der Waals surface area contributed by atoms with Crippen LogP contribution in [0.3, 0.4) is 0 Å². The van der Waals surface area contributed by atoms with Crippen molar-refractivity contribution in [3.05, 3.63) is 24.3 Å². The zero-order valence-corrected chi connectivity index (χ0v) is 7.11. The van der Waals surface area contributed by atoms with E-state index in [0.29, 0.717) is 5.96 Å². The smallest absolute Gasteiger partial charge is 0.230 e. The molecule has 0 aliphatic carbocycles. The van der Waals surface area contributed by atoms with E-state index >= 15 is 0 Å². The number of hydrogen-bond donors (Lipinski definition) is 1. The first-order valence-electron chi connectivity index (χ1n) is 3.93. The normalized spacial score (nSPS) is 12.8. The molecule has 1 aromatic carbocycles. The maximum Gasteiger partial charge on any atom is 0.230 e. The average Bonchev–Trinajstić information content (AvgIpc) is 2.44. The minimum atomic E-state index is -0.157. The van der Waals surface area contributed by atoms with Crippen molar-refractivity contribution in [1.29, 1.82) is 0 Å². The molecule has 1 aromatic rings. The summed E-state index contributed by atoms with van der Waals surface area (Å²) in [5.74, 6) is 0.212. The summed E-state index contributed by atoms with van der Waals surface area (Å²) >= 11 is 0. The van der Waals surface area contributed by atoms with E-state index in [0.717, 1.165) is 11.4 Å². The lowest BCUT2D eigenvalue weighted by molar-refractivity contribution is -0.117. The van der Waals surface area contributed by atoms with Crippen LogP contribution in [0.1, 0.15) is 6.92 Å². The van der Waals surface area contributed by atoms with Gasteiger partial charge >= 0.3 is 0 Å². The molecule has 0 fully saturated rings. The van der Waals surface area contributed by atoms with E-state index in [1.807, 2.05) is 24.3 Å². The molecule has 4 heteroatoms. The Morgan fingerprint density at radius 1 is 1.31 bits per heavy atom. The Balaban J connectivity index is 2.21. The molecule has 13 heavy (non-hydrogen) atoms. The van der Waals surface area contributed by atoms with E-state index in [4.69, 9.17) is 0 Å². The van der Waals surface area contributed by atoms with Crippen LogP contribution in [0, 0.1) is 0 Å². The van der Waals surface area contributed by atoms with Crippen molar-refractivity contribution in [1.82, 2.24) is 10.6 Å². The molecule has 1 N–H and O–H groups in total. The standard InChI is InChI=1S/C9H8N3O/c1-6(13)10-9-11-7-4-2-3-5-8(7)12-9/h2-5H,1H3,(H,10,11,13). The van der Waals surface area contributed by atoms with Gasteiger partial charge in [0, 0.05) is 6.92 Å². The lowest BCUT2D eigenvalue weighted by atomic mass is 10.3. The van der Waals surface area contributed by atoms with Gasteiger partial charge in [0.2, 0.25) is 11.9 Å². The summed E-state index contributed by atoms with van der Waals surface area (Å²) in [5, 5.41) is 6.64. The molecule has 1 amide bonds. The van der Waals surface area contributed by atoms with Crippen LogP contribution >= 0.6 is 0 Å². The molecule has 1 aliphatic heterocycles. The van der Waals surface area contributed by atoms with Crippen LogP contribution < -0.4 is 10.6 Å². The molecule has 4 nitrogen and oxygen atoms in total. The van der Waals surface area contributed by atoms with E-state index in [2.05, 4.69) is 15.6 Å². The molecule has 0 unspecified atom stereocenters. The van der Waals surface area contributed by atoms with Crippen molar-refractivity contribution in [3.63, 3.8) is 0 Å². The second kappa shape index (κ2) is 2.90. The van der Waals surface area contributed by atoms with Crippen molar-refractivity contribution in [2.75, 3.05) is 0 Å². The van der Waals surface area contributed by atoms with Gasteiger partial charge in [-0.1, -0.05) is 12.1 Å². The number of guanidine groups is 1. The first kappa shape index (κ1) is 7.79. The number of carbonyl (C=O) groups excluding carboxylic acids is 1. The second-order valence-corrected chi connectivity index (χ2v) is 2.72. The van der Waals surface area contributed by atoms with Gasteiger partial charge in [0.1, 0.15) is 0 Å². The Morgan fingerprint density at radius 3 is 2.62 bits per heavy atom. The van der Waals surface area contributed by atoms with E-state index < -0.39 is 0 Å². The van der Waals surface area contributed by atoms with Crippen molar-refractivity contribution < 1.29 is 4.79 Å². The number of para-hydroxylation sites is 2. The van der Waals surface area contributed by atoms with E-state index in [1.165, 1.54) is 6.92 Å². The van der Waals surface area contributed by atoms with Crippen LogP contribution in [-0.4, -0.2) is 11.9 Å². The number of benzene rings is 1. The number of hydrogen-bond acceptors (Lipinski definition) is 2. The lowest BCUT2D eigenvalue weighted by Crippen LogP contribution is -2.31. The van der Waals surface area contributed by atoms with Gasteiger partial charge in [-0.15, -0.1) is 0 Å². The molecule has 1 radical (unpaired) electrons. The highest BCUT2D eigenvalue weighted by Crippen LogP contribution is 2.28. The fraction of sp³-hybridized carbons (Fsp3) is 0.111. The third kappa shape index (κ3) is 1.51. The highest BCUT2D eigenvalue weighted by atomic mass is 16.1.